The lowest BCUT2D eigenvalue weighted by molar-refractivity contribution is -0.144. The van der Waals surface area contributed by atoms with Gasteiger partial charge in [-0.3, -0.25) is 4.98 Å². The number of alkyl halides is 3. The zero-order chi connectivity index (χ0) is 14.0. The van der Waals surface area contributed by atoms with Crippen LogP contribution in [0, 0.1) is 5.92 Å². The molecule has 0 bridgehead atoms. The number of aromatic nitrogens is 1. The smallest absolute Gasteiger partial charge is 0.382 e. The number of pyridine rings is 1. The maximum absolute atomic E-state index is 12.9. The summed E-state index contributed by atoms with van der Waals surface area (Å²) in [5.41, 5.74) is -2.85. The quantitative estimate of drug-likeness (QED) is 0.908. The Morgan fingerprint density at radius 1 is 1.33 bits per heavy atom. The van der Waals surface area contributed by atoms with Crippen LogP contribution in [-0.2, 0) is 16.5 Å². The minimum absolute atomic E-state index is 0.223. The van der Waals surface area contributed by atoms with E-state index in [9.17, 15) is 18.3 Å². The van der Waals surface area contributed by atoms with Crippen molar-refractivity contribution >= 4 is 0 Å². The third-order valence-corrected chi connectivity index (χ3v) is 2.91. The van der Waals surface area contributed by atoms with Crippen LogP contribution in [0.1, 0.15) is 25.0 Å². The maximum Gasteiger partial charge on any atom is 0.416 e. The molecule has 1 heterocycles. The average molecular weight is 263 g/mol. The molecule has 0 radical (unpaired) electrons. The lowest BCUT2D eigenvalue weighted by Gasteiger charge is -2.33. The summed E-state index contributed by atoms with van der Waals surface area (Å²) in [5.74, 6) is -0.442. The Morgan fingerprint density at radius 3 is 2.39 bits per heavy atom. The van der Waals surface area contributed by atoms with Gasteiger partial charge in [0.2, 0.25) is 0 Å². The fourth-order valence-electron chi connectivity index (χ4n) is 1.76. The first-order chi connectivity index (χ1) is 8.23. The minimum Gasteiger partial charge on any atom is -0.382 e. The number of rotatable bonds is 4. The van der Waals surface area contributed by atoms with Crippen LogP contribution in [0.4, 0.5) is 13.2 Å². The molecule has 18 heavy (non-hydrogen) atoms. The van der Waals surface area contributed by atoms with Crippen molar-refractivity contribution in [3.05, 3.63) is 29.6 Å². The fourth-order valence-corrected chi connectivity index (χ4v) is 1.76. The topological polar surface area (TPSA) is 42.4 Å². The van der Waals surface area contributed by atoms with Gasteiger partial charge in [0.1, 0.15) is 5.60 Å². The molecule has 0 spiro atoms. The van der Waals surface area contributed by atoms with E-state index >= 15 is 0 Å². The molecule has 6 heteroatoms. The molecule has 102 valence electrons. The number of aliphatic hydroxyl groups is 1. The third-order valence-electron chi connectivity index (χ3n) is 2.91. The van der Waals surface area contributed by atoms with Crippen LogP contribution in [0.2, 0.25) is 0 Å². The van der Waals surface area contributed by atoms with Gasteiger partial charge < -0.3 is 9.84 Å². The maximum atomic E-state index is 12.9. The molecule has 0 saturated carbocycles. The summed E-state index contributed by atoms with van der Waals surface area (Å²) in [6, 6.07) is 0.859. The van der Waals surface area contributed by atoms with Gasteiger partial charge in [-0.25, -0.2) is 0 Å². The van der Waals surface area contributed by atoms with Gasteiger partial charge in [0.05, 0.1) is 12.2 Å². The van der Waals surface area contributed by atoms with Gasteiger partial charge in [-0.05, 0) is 12.0 Å². The Bertz CT molecular complexity index is 407. The van der Waals surface area contributed by atoms with E-state index in [1.807, 2.05) is 0 Å². The molecule has 1 rings (SSSR count). The van der Waals surface area contributed by atoms with E-state index in [4.69, 9.17) is 4.74 Å². The van der Waals surface area contributed by atoms with Gasteiger partial charge >= 0.3 is 6.18 Å². The number of hydrogen-bond acceptors (Lipinski definition) is 3. The second-order valence-electron chi connectivity index (χ2n) is 4.43. The van der Waals surface area contributed by atoms with Crippen molar-refractivity contribution in [2.45, 2.75) is 25.6 Å². The van der Waals surface area contributed by atoms with Crippen LogP contribution in [-0.4, -0.2) is 23.8 Å². The lowest BCUT2D eigenvalue weighted by Crippen LogP contribution is -2.39. The van der Waals surface area contributed by atoms with E-state index < -0.39 is 23.3 Å². The van der Waals surface area contributed by atoms with E-state index in [1.165, 1.54) is 7.11 Å². The van der Waals surface area contributed by atoms with Crippen molar-refractivity contribution in [2.24, 2.45) is 5.92 Å². The fraction of sp³-hybridized carbons (Fsp3) is 0.583. The summed E-state index contributed by atoms with van der Waals surface area (Å²) in [4.78, 5) is 3.67. The number of ether oxygens (including phenoxy) is 1. The predicted octanol–water partition coefficient (Wildman–Crippen LogP) is 2.59. The van der Waals surface area contributed by atoms with Crippen LogP contribution in [0.5, 0.6) is 0 Å². The van der Waals surface area contributed by atoms with Crippen LogP contribution in [0.25, 0.3) is 0 Å². The van der Waals surface area contributed by atoms with Crippen molar-refractivity contribution in [3.63, 3.8) is 0 Å². The summed E-state index contributed by atoms with van der Waals surface area (Å²) in [5, 5.41) is 10.4. The molecule has 0 aliphatic carbocycles. The lowest BCUT2D eigenvalue weighted by atomic mass is 9.82. The molecule has 0 aliphatic rings. The molecule has 1 atom stereocenters. The van der Waals surface area contributed by atoms with E-state index in [1.54, 1.807) is 13.8 Å². The molecule has 0 aliphatic heterocycles. The summed E-state index contributed by atoms with van der Waals surface area (Å²) < 4.78 is 43.6. The average Bonchev–Trinajstić information content (AvgIpc) is 2.28. The standard InChI is InChI=1S/C12H16F3NO2/c1-8(2)11(17,7-18-3)10-6-16-5-4-9(10)12(13,14)15/h4-6,8,17H,7H2,1-3H3. The van der Waals surface area contributed by atoms with Gasteiger partial charge in [0.25, 0.3) is 0 Å². The van der Waals surface area contributed by atoms with E-state index in [0.717, 1.165) is 18.5 Å². The zero-order valence-corrected chi connectivity index (χ0v) is 10.5. The molecular weight excluding hydrogens is 247 g/mol. The molecule has 0 saturated heterocycles. The largest absolute Gasteiger partial charge is 0.416 e. The highest BCUT2D eigenvalue weighted by molar-refractivity contribution is 5.32. The van der Waals surface area contributed by atoms with E-state index in [-0.39, 0.29) is 12.2 Å². The first-order valence-electron chi connectivity index (χ1n) is 5.46. The minimum atomic E-state index is -4.53. The second kappa shape index (κ2) is 5.24. The number of methoxy groups -OCH3 is 1. The van der Waals surface area contributed by atoms with E-state index in [0.29, 0.717) is 0 Å². The highest BCUT2D eigenvalue weighted by Crippen LogP contribution is 2.39. The SMILES string of the molecule is COCC(O)(c1cnccc1C(F)(F)F)C(C)C. The Hall–Kier alpha value is -1.14. The van der Waals surface area contributed by atoms with Crippen molar-refractivity contribution in [1.29, 1.82) is 0 Å². The summed E-state index contributed by atoms with van der Waals surface area (Å²) >= 11 is 0. The molecule has 0 amide bonds. The monoisotopic (exact) mass is 263 g/mol. The Labute approximate surface area is 104 Å². The number of nitrogens with zero attached hydrogens (tertiary/aromatic N) is 1. The Kier molecular flexibility index (Phi) is 4.34. The van der Waals surface area contributed by atoms with Gasteiger partial charge in [0.15, 0.2) is 0 Å². The van der Waals surface area contributed by atoms with Crippen LogP contribution in [0.15, 0.2) is 18.5 Å². The molecular formula is C12H16F3NO2. The summed E-state index contributed by atoms with van der Waals surface area (Å²) in [6.07, 6.45) is -2.43. The Morgan fingerprint density at radius 2 is 1.94 bits per heavy atom. The van der Waals surface area contributed by atoms with Gasteiger partial charge in [-0.2, -0.15) is 13.2 Å². The van der Waals surface area contributed by atoms with Crippen molar-refractivity contribution in [3.8, 4) is 0 Å². The molecule has 0 aromatic carbocycles. The number of halogens is 3. The van der Waals surface area contributed by atoms with Gasteiger partial charge in [-0.1, -0.05) is 13.8 Å². The second-order valence-corrected chi connectivity index (χ2v) is 4.43. The molecule has 0 fully saturated rings. The molecule has 1 N–H and O–H groups in total. The van der Waals surface area contributed by atoms with Crippen LogP contribution < -0.4 is 0 Å². The molecule has 1 aromatic rings. The zero-order valence-electron chi connectivity index (χ0n) is 10.5. The number of hydrogen-bond donors (Lipinski definition) is 1. The van der Waals surface area contributed by atoms with E-state index in [2.05, 4.69) is 4.98 Å². The highest BCUT2D eigenvalue weighted by atomic mass is 19.4. The van der Waals surface area contributed by atoms with Gasteiger partial charge in [-0.15, -0.1) is 0 Å². The normalized spacial score (nSPS) is 15.8. The van der Waals surface area contributed by atoms with Crippen molar-refractivity contribution in [1.82, 2.24) is 4.98 Å². The van der Waals surface area contributed by atoms with Gasteiger partial charge in [0, 0.05) is 25.1 Å². The van der Waals surface area contributed by atoms with Crippen LogP contribution in [0.3, 0.4) is 0 Å². The van der Waals surface area contributed by atoms with Crippen molar-refractivity contribution in [2.75, 3.05) is 13.7 Å². The summed E-state index contributed by atoms with van der Waals surface area (Å²) in [6.45, 7) is 3.04. The molecule has 1 aromatic heterocycles. The summed E-state index contributed by atoms with van der Waals surface area (Å²) in [7, 11) is 1.33. The molecule has 1 unspecified atom stereocenters. The first-order valence-corrected chi connectivity index (χ1v) is 5.46. The van der Waals surface area contributed by atoms with Crippen LogP contribution >= 0.6 is 0 Å². The van der Waals surface area contributed by atoms with Crippen molar-refractivity contribution < 1.29 is 23.0 Å². The Balaban J connectivity index is 3.38. The highest BCUT2D eigenvalue weighted by Gasteiger charge is 2.42. The third kappa shape index (κ3) is 2.81. The first kappa shape index (κ1) is 14.9. The predicted molar refractivity (Wildman–Crippen MR) is 59.8 cm³/mol. The molecule has 3 nitrogen and oxygen atoms in total.